The molecule has 24 heavy (non-hydrogen) atoms. The largest absolute Gasteiger partial charge is 0.382 e. The van der Waals surface area contributed by atoms with Gasteiger partial charge < -0.3 is 10.6 Å². The van der Waals surface area contributed by atoms with E-state index in [1.807, 2.05) is 24.0 Å². The molecular weight excluding hydrogens is 302 g/mol. The molecule has 0 radical (unpaired) electrons. The lowest BCUT2D eigenvalue weighted by Gasteiger charge is -2.20. The standard InChI is InChI=1S/C18H23N5O/c1-13-4-2-6-16(22-13)18(24)23-8-3-5-14(7-9-23)10-15-11-21-17(19)12-20-15/h2,4,6,11-12,14H,3,5,7-10H2,1H3,(H2,19,21)/t14-/m0/s1. The number of aromatic nitrogens is 3. The van der Waals surface area contributed by atoms with Crippen molar-refractivity contribution < 1.29 is 4.79 Å². The van der Waals surface area contributed by atoms with E-state index in [-0.39, 0.29) is 5.91 Å². The number of nitrogens with zero attached hydrogens (tertiary/aromatic N) is 4. The molecule has 6 nitrogen and oxygen atoms in total. The molecule has 6 heteroatoms. The van der Waals surface area contributed by atoms with E-state index >= 15 is 0 Å². The van der Waals surface area contributed by atoms with Gasteiger partial charge in [-0.3, -0.25) is 9.78 Å². The number of amides is 1. The molecule has 1 aliphatic rings. The molecule has 1 amide bonds. The summed E-state index contributed by atoms with van der Waals surface area (Å²) in [5.74, 6) is 1.000. The van der Waals surface area contributed by atoms with Crippen LogP contribution in [0.1, 0.15) is 41.1 Å². The van der Waals surface area contributed by atoms with Gasteiger partial charge in [-0.2, -0.15) is 0 Å². The molecule has 0 spiro atoms. The second-order valence-electron chi connectivity index (χ2n) is 6.39. The summed E-state index contributed by atoms with van der Waals surface area (Å²) in [4.78, 5) is 27.4. The Kier molecular flexibility index (Phi) is 5.03. The first-order valence-corrected chi connectivity index (χ1v) is 8.41. The summed E-state index contributed by atoms with van der Waals surface area (Å²) in [5.41, 5.74) is 7.96. The third-order valence-electron chi connectivity index (χ3n) is 4.47. The number of hydrogen-bond acceptors (Lipinski definition) is 5. The van der Waals surface area contributed by atoms with Crippen LogP contribution in [0.4, 0.5) is 5.82 Å². The number of anilines is 1. The number of carbonyl (C=O) groups excluding carboxylic acids is 1. The van der Waals surface area contributed by atoms with Crippen molar-refractivity contribution in [1.82, 2.24) is 19.9 Å². The Bertz CT molecular complexity index is 701. The van der Waals surface area contributed by atoms with E-state index in [1.165, 1.54) is 0 Å². The first-order valence-electron chi connectivity index (χ1n) is 8.41. The highest BCUT2D eigenvalue weighted by atomic mass is 16.2. The van der Waals surface area contributed by atoms with Crippen LogP contribution >= 0.6 is 0 Å². The van der Waals surface area contributed by atoms with Gasteiger partial charge in [0.2, 0.25) is 0 Å². The van der Waals surface area contributed by atoms with Crippen molar-refractivity contribution in [3.63, 3.8) is 0 Å². The molecular formula is C18H23N5O. The predicted molar refractivity (Wildman–Crippen MR) is 92.4 cm³/mol. The summed E-state index contributed by atoms with van der Waals surface area (Å²) < 4.78 is 0. The first kappa shape index (κ1) is 16.4. The fourth-order valence-electron chi connectivity index (χ4n) is 3.16. The molecule has 1 aliphatic heterocycles. The van der Waals surface area contributed by atoms with E-state index < -0.39 is 0 Å². The number of nitrogens with two attached hydrogens (primary N) is 1. The minimum absolute atomic E-state index is 0.0339. The molecule has 126 valence electrons. The normalized spacial score (nSPS) is 18.2. The van der Waals surface area contributed by atoms with Crippen LogP contribution < -0.4 is 5.73 Å². The lowest BCUT2D eigenvalue weighted by atomic mass is 9.95. The van der Waals surface area contributed by atoms with E-state index in [2.05, 4.69) is 15.0 Å². The molecule has 3 heterocycles. The van der Waals surface area contributed by atoms with Gasteiger partial charge in [-0.05, 0) is 50.7 Å². The number of hydrogen-bond donors (Lipinski definition) is 1. The minimum atomic E-state index is 0.0339. The third kappa shape index (κ3) is 4.07. The topological polar surface area (TPSA) is 85.0 Å². The lowest BCUT2D eigenvalue weighted by molar-refractivity contribution is 0.0754. The Morgan fingerprint density at radius 3 is 2.88 bits per heavy atom. The fourth-order valence-corrected chi connectivity index (χ4v) is 3.16. The van der Waals surface area contributed by atoms with Crippen molar-refractivity contribution >= 4 is 11.7 Å². The highest BCUT2D eigenvalue weighted by Gasteiger charge is 2.22. The highest BCUT2D eigenvalue weighted by Crippen LogP contribution is 2.22. The minimum Gasteiger partial charge on any atom is -0.382 e. The van der Waals surface area contributed by atoms with Gasteiger partial charge in [0, 0.05) is 18.8 Å². The van der Waals surface area contributed by atoms with Crippen molar-refractivity contribution in [2.45, 2.75) is 32.6 Å². The van der Waals surface area contributed by atoms with Gasteiger partial charge in [-0.15, -0.1) is 0 Å². The monoisotopic (exact) mass is 325 g/mol. The number of carbonyl (C=O) groups is 1. The number of aryl methyl sites for hydroxylation is 1. The molecule has 0 aromatic carbocycles. The van der Waals surface area contributed by atoms with E-state index in [4.69, 9.17) is 5.73 Å². The summed E-state index contributed by atoms with van der Waals surface area (Å²) in [6.07, 6.45) is 7.31. The second-order valence-corrected chi connectivity index (χ2v) is 6.39. The van der Waals surface area contributed by atoms with Crippen molar-refractivity contribution in [3.8, 4) is 0 Å². The average molecular weight is 325 g/mol. The number of likely N-dealkylation sites (tertiary alicyclic amines) is 1. The van der Waals surface area contributed by atoms with E-state index in [9.17, 15) is 4.79 Å². The average Bonchev–Trinajstić information content (AvgIpc) is 2.82. The van der Waals surface area contributed by atoms with E-state index in [1.54, 1.807) is 18.5 Å². The molecule has 1 saturated heterocycles. The Morgan fingerprint density at radius 2 is 2.12 bits per heavy atom. The van der Waals surface area contributed by atoms with Gasteiger partial charge in [0.15, 0.2) is 0 Å². The second kappa shape index (κ2) is 7.38. The zero-order valence-corrected chi connectivity index (χ0v) is 14.0. The molecule has 0 bridgehead atoms. The van der Waals surface area contributed by atoms with Gasteiger partial charge in [-0.25, -0.2) is 9.97 Å². The molecule has 2 aromatic rings. The van der Waals surface area contributed by atoms with Crippen LogP contribution in [0.3, 0.4) is 0 Å². The molecule has 2 aromatic heterocycles. The van der Waals surface area contributed by atoms with Crippen LogP contribution in [-0.2, 0) is 6.42 Å². The molecule has 0 aliphatic carbocycles. The van der Waals surface area contributed by atoms with Gasteiger partial charge in [0.05, 0.1) is 18.1 Å². The van der Waals surface area contributed by atoms with E-state index in [0.29, 0.717) is 17.4 Å². The Hall–Kier alpha value is -2.50. The van der Waals surface area contributed by atoms with Gasteiger partial charge in [0.1, 0.15) is 11.5 Å². The summed E-state index contributed by atoms with van der Waals surface area (Å²) >= 11 is 0. The van der Waals surface area contributed by atoms with Crippen molar-refractivity contribution in [2.24, 2.45) is 5.92 Å². The lowest BCUT2D eigenvalue weighted by Crippen LogP contribution is -2.32. The van der Waals surface area contributed by atoms with Gasteiger partial charge in [-0.1, -0.05) is 6.07 Å². The van der Waals surface area contributed by atoms with Crippen LogP contribution in [-0.4, -0.2) is 38.8 Å². The Balaban J connectivity index is 1.60. The summed E-state index contributed by atoms with van der Waals surface area (Å²) in [6.45, 7) is 3.46. The third-order valence-corrected chi connectivity index (χ3v) is 4.47. The number of rotatable bonds is 3. The molecule has 3 rings (SSSR count). The van der Waals surface area contributed by atoms with Crippen molar-refractivity contribution in [1.29, 1.82) is 0 Å². The summed E-state index contributed by atoms with van der Waals surface area (Å²) in [7, 11) is 0. The molecule has 1 atom stereocenters. The van der Waals surface area contributed by atoms with Crippen LogP contribution in [0.25, 0.3) is 0 Å². The molecule has 0 saturated carbocycles. The van der Waals surface area contributed by atoms with Crippen molar-refractivity contribution in [2.75, 3.05) is 18.8 Å². The number of nitrogen functional groups attached to an aromatic ring is 1. The fraction of sp³-hybridized carbons (Fsp3) is 0.444. The SMILES string of the molecule is Cc1cccc(C(=O)N2CCC[C@H](Cc3cnc(N)cn3)CC2)n1. The number of pyridine rings is 1. The van der Waals surface area contributed by atoms with Crippen LogP contribution in [0, 0.1) is 12.8 Å². The van der Waals surface area contributed by atoms with Crippen LogP contribution in [0.15, 0.2) is 30.6 Å². The zero-order chi connectivity index (χ0) is 16.9. The Labute approximate surface area is 142 Å². The Morgan fingerprint density at radius 1 is 1.25 bits per heavy atom. The molecule has 2 N–H and O–H groups in total. The first-order chi connectivity index (χ1) is 11.6. The van der Waals surface area contributed by atoms with Gasteiger partial charge >= 0.3 is 0 Å². The van der Waals surface area contributed by atoms with Crippen LogP contribution in [0.2, 0.25) is 0 Å². The maximum Gasteiger partial charge on any atom is 0.272 e. The quantitative estimate of drug-likeness (QED) is 0.935. The van der Waals surface area contributed by atoms with Gasteiger partial charge in [0.25, 0.3) is 5.91 Å². The summed E-state index contributed by atoms with van der Waals surface area (Å²) in [6, 6.07) is 5.58. The van der Waals surface area contributed by atoms with E-state index in [0.717, 1.165) is 50.2 Å². The summed E-state index contributed by atoms with van der Waals surface area (Å²) in [5, 5.41) is 0. The van der Waals surface area contributed by atoms with Crippen molar-refractivity contribution in [3.05, 3.63) is 47.7 Å². The zero-order valence-electron chi connectivity index (χ0n) is 14.0. The predicted octanol–water partition coefficient (Wildman–Crippen LogP) is 2.25. The maximum absolute atomic E-state index is 12.6. The smallest absolute Gasteiger partial charge is 0.272 e. The maximum atomic E-state index is 12.6. The van der Waals surface area contributed by atoms with Crippen LogP contribution in [0.5, 0.6) is 0 Å². The molecule has 1 fully saturated rings. The molecule has 0 unspecified atom stereocenters. The highest BCUT2D eigenvalue weighted by molar-refractivity contribution is 5.92.